The Morgan fingerprint density at radius 1 is 1.15 bits per heavy atom. The summed E-state index contributed by atoms with van der Waals surface area (Å²) in [4.78, 5) is 12.1. The van der Waals surface area contributed by atoms with E-state index < -0.39 is 6.04 Å². The second-order valence-electron chi connectivity index (χ2n) is 4.26. The van der Waals surface area contributed by atoms with E-state index in [2.05, 4.69) is 5.32 Å². The Morgan fingerprint density at radius 2 is 1.80 bits per heavy atom. The highest BCUT2D eigenvalue weighted by molar-refractivity contribution is 5.81. The Hall–Kier alpha value is -2.49. The van der Waals surface area contributed by atoms with Crippen molar-refractivity contribution in [2.75, 3.05) is 11.9 Å². The summed E-state index contributed by atoms with van der Waals surface area (Å²) in [6.07, 6.45) is 0. The fourth-order valence-corrected chi connectivity index (χ4v) is 1.90. The summed E-state index contributed by atoms with van der Waals surface area (Å²) < 4.78 is 5.09. The first-order valence-electron chi connectivity index (χ1n) is 6.48. The van der Waals surface area contributed by atoms with E-state index in [9.17, 15) is 9.90 Å². The highest BCUT2D eigenvalue weighted by Gasteiger charge is 2.22. The van der Waals surface area contributed by atoms with Gasteiger partial charge in [-0.1, -0.05) is 42.5 Å². The molecule has 0 amide bonds. The molecule has 1 atom stereocenters. The summed E-state index contributed by atoms with van der Waals surface area (Å²) in [5.74, 6) is -0.278. The lowest BCUT2D eigenvalue weighted by Gasteiger charge is -2.19. The summed E-state index contributed by atoms with van der Waals surface area (Å²) in [7, 11) is 0. The zero-order chi connectivity index (χ0) is 14.4. The lowest BCUT2D eigenvalue weighted by atomic mass is 10.1. The molecule has 2 N–H and O–H groups in total. The number of benzene rings is 2. The average molecular weight is 271 g/mol. The van der Waals surface area contributed by atoms with Crippen LogP contribution in [0.1, 0.15) is 18.5 Å². The van der Waals surface area contributed by atoms with E-state index in [1.165, 1.54) is 0 Å². The molecule has 0 saturated heterocycles. The number of ether oxygens (including phenoxy) is 1. The van der Waals surface area contributed by atoms with Gasteiger partial charge in [-0.3, -0.25) is 0 Å². The van der Waals surface area contributed by atoms with Crippen molar-refractivity contribution in [3.63, 3.8) is 0 Å². The molecule has 0 fully saturated rings. The van der Waals surface area contributed by atoms with E-state index >= 15 is 0 Å². The standard InChI is InChI=1S/C16H17NO3/c1-2-20-16(19)15(12-8-4-3-5-9-12)17-13-10-6-7-11-14(13)18/h3-11,15,17-18H,2H2,1H3. The minimum atomic E-state index is -0.649. The van der Waals surface area contributed by atoms with Crippen LogP contribution in [0.3, 0.4) is 0 Å². The van der Waals surface area contributed by atoms with Crippen molar-refractivity contribution in [2.45, 2.75) is 13.0 Å². The van der Waals surface area contributed by atoms with Gasteiger partial charge in [-0.15, -0.1) is 0 Å². The summed E-state index contributed by atoms with van der Waals surface area (Å²) in [5.41, 5.74) is 1.28. The van der Waals surface area contributed by atoms with Crippen LogP contribution in [0.4, 0.5) is 5.69 Å². The van der Waals surface area contributed by atoms with E-state index in [4.69, 9.17) is 4.74 Å². The van der Waals surface area contributed by atoms with E-state index in [1.807, 2.05) is 30.3 Å². The number of carbonyl (C=O) groups is 1. The molecular formula is C16H17NO3. The summed E-state index contributed by atoms with van der Waals surface area (Å²) in [6, 6.07) is 15.4. The van der Waals surface area contributed by atoms with Gasteiger partial charge in [-0.05, 0) is 24.6 Å². The molecule has 2 rings (SSSR count). The molecule has 4 nitrogen and oxygen atoms in total. The van der Waals surface area contributed by atoms with Crippen molar-refractivity contribution < 1.29 is 14.6 Å². The highest BCUT2D eigenvalue weighted by Crippen LogP contribution is 2.27. The van der Waals surface area contributed by atoms with Crippen molar-refractivity contribution in [3.8, 4) is 5.75 Å². The molecule has 2 aromatic rings. The number of para-hydroxylation sites is 2. The van der Waals surface area contributed by atoms with E-state index in [0.717, 1.165) is 5.56 Å². The van der Waals surface area contributed by atoms with Crippen LogP contribution in [0.15, 0.2) is 54.6 Å². The minimum absolute atomic E-state index is 0.0951. The van der Waals surface area contributed by atoms with Crippen LogP contribution >= 0.6 is 0 Å². The molecule has 0 radical (unpaired) electrons. The zero-order valence-corrected chi connectivity index (χ0v) is 11.2. The Kier molecular flexibility index (Phi) is 4.60. The van der Waals surface area contributed by atoms with Crippen molar-refractivity contribution in [3.05, 3.63) is 60.2 Å². The van der Waals surface area contributed by atoms with Crippen LogP contribution in [0, 0.1) is 0 Å². The molecule has 0 aliphatic carbocycles. The molecule has 104 valence electrons. The molecule has 0 saturated carbocycles. The predicted octanol–water partition coefficient (Wildman–Crippen LogP) is 3.11. The summed E-state index contributed by atoms with van der Waals surface area (Å²) >= 11 is 0. The largest absolute Gasteiger partial charge is 0.506 e. The smallest absolute Gasteiger partial charge is 0.333 e. The van der Waals surface area contributed by atoms with Crippen LogP contribution < -0.4 is 5.32 Å². The summed E-state index contributed by atoms with van der Waals surface area (Å²) in [6.45, 7) is 2.07. The second kappa shape index (κ2) is 6.61. The van der Waals surface area contributed by atoms with Crippen LogP contribution in [0.5, 0.6) is 5.75 Å². The molecule has 0 aromatic heterocycles. The Bertz CT molecular complexity index is 569. The van der Waals surface area contributed by atoms with Gasteiger partial charge >= 0.3 is 5.97 Å². The first-order chi connectivity index (χ1) is 9.72. The van der Waals surface area contributed by atoms with E-state index in [1.54, 1.807) is 31.2 Å². The maximum absolute atomic E-state index is 12.1. The van der Waals surface area contributed by atoms with Crippen molar-refractivity contribution >= 4 is 11.7 Å². The maximum atomic E-state index is 12.1. The van der Waals surface area contributed by atoms with Gasteiger partial charge in [-0.25, -0.2) is 4.79 Å². The predicted molar refractivity (Wildman–Crippen MR) is 77.5 cm³/mol. The third-order valence-corrected chi connectivity index (χ3v) is 2.86. The van der Waals surface area contributed by atoms with Crippen molar-refractivity contribution in [1.29, 1.82) is 0 Å². The molecule has 0 aliphatic rings. The van der Waals surface area contributed by atoms with Gasteiger partial charge in [0.1, 0.15) is 5.75 Å². The fourth-order valence-electron chi connectivity index (χ4n) is 1.90. The van der Waals surface area contributed by atoms with Gasteiger partial charge in [0.05, 0.1) is 12.3 Å². The Morgan fingerprint density at radius 3 is 2.45 bits per heavy atom. The minimum Gasteiger partial charge on any atom is -0.506 e. The molecule has 0 heterocycles. The highest BCUT2D eigenvalue weighted by atomic mass is 16.5. The van der Waals surface area contributed by atoms with Gasteiger partial charge in [0.15, 0.2) is 6.04 Å². The first kappa shape index (κ1) is 13.9. The second-order valence-corrected chi connectivity index (χ2v) is 4.26. The van der Waals surface area contributed by atoms with E-state index in [0.29, 0.717) is 12.3 Å². The van der Waals surface area contributed by atoms with Crippen molar-refractivity contribution in [1.82, 2.24) is 0 Å². The van der Waals surface area contributed by atoms with Gasteiger partial charge in [0.2, 0.25) is 0 Å². The molecular weight excluding hydrogens is 254 g/mol. The normalized spacial score (nSPS) is 11.7. The number of anilines is 1. The maximum Gasteiger partial charge on any atom is 0.333 e. The number of phenolic OH excluding ortho intramolecular Hbond substituents is 1. The number of rotatable bonds is 5. The number of hydrogen-bond acceptors (Lipinski definition) is 4. The molecule has 2 aromatic carbocycles. The van der Waals surface area contributed by atoms with Crippen LogP contribution in [-0.4, -0.2) is 17.7 Å². The first-order valence-corrected chi connectivity index (χ1v) is 6.48. The number of hydrogen-bond donors (Lipinski definition) is 2. The number of carbonyl (C=O) groups excluding carboxylic acids is 1. The van der Waals surface area contributed by atoms with Gasteiger partial charge in [-0.2, -0.15) is 0 Å². The Labute approximate surface area is 118 Å². The van der Waals surface area contributed by atoms with Crippen LogP contribution in [-0.2, 0) is 9.53 Å². The number of nitrogens with one attached hydrogen (secondary N) is 1. The molecule has 0 bridgehead atoms. The van der Waals surface area contributed by atoms with Crippen molar-refractivity contribution in [2.24, 2.45) is 0 Å². The van der Waals surface area contributed by atoms with Crippen LogP contribution in [0.2, 0.25) is 0 Å². The lowest BCUT2D eigenvalue weighted by molar-refractivity contribution is -0.144. The molecule has 4 heteroatoms. The third kappa shape index (κ3) is 3.29. The SMILES string of the molecule is CCOC(=O)C(Nc1ccccc1O)c1ccccc1. The number of aromatic hydroxyl groups is 1. The fraction of sp³-hybridized carbons (Fsp3) is 0.188. The average Bonchev–Trinajstić information content (AvgIpc) is 2.47. The number of phenols is 1. The van der Waals surface area contributed by atoms with Gasteiger partial charge < -0.3 is 15.2 Å². The Balaban J connectivity index is 2.28. The lowest BCUT2D eigenvalue weighted by Crippen LogP contribution is -2.23. The van der Waals surface area contributed by atoms with E-state index in [-0.39, 0.29) is 11.7 Å². The zero-order valence-electron chi connectivity index (χ0n) is 11.2. The molecule has 20 heavy (non-hydrogen) atoms. The molecule has 1 unspecified atom stereocenters. The third-order valence-electron chi connectivity index (χ3n) is 2.86. The van der Waals surface area contributed by atoms with Crippen LogP contribution in [0.25, 0.3) is 0 Å². The topological polar surface area (TPSA) is 58.6 Å². The molecule has 0 aliphatic heterocycles. The van der Waals surface area contributed by atoms with Gasteiger partial charge in [0.25, 0.3) is 0 Å². The summed E-state index contributed by atoms with van der Waals surface area (Å²) in [5, 5.41) is 12.8. The molecule has 0 spiro atoms. The number of esters is 1. The quantitative estimate of drug-likeness (QED) is 0.648. The van der Waals surface area contributed by atoms with Gasteiger partial charge in [0, 0.05) is 0 Å². The monoisotopic (exact) mass is 271 g/mol.